The van der Waals surface area contributed by atoms with Gasteiger partial charge in [-0.25, -0.2) is 0 Å². The van der Waals surface area contributed by atoms with Crippen LogP contribution in [0.5, 0.6) is 0 Å². The van der Waals surface area contributed by atoms with Crippen LogP contribution in [0.4, 0.5) is 0 Å². The topological polar surface area (TPSA) is 20.2 Å². The summed E-state index contributed by atoms with van der Waals surface area (Å²) < 4.78 is 0. The zero-order valence-electron chi connectivity index (χ0n) is 12.9. The summed E-state index contributed by atoms with van der Waals surface area (Å²) in [7, 11) is 0. The first kappa shape index (κ1) is 13.9. The molecule has 0 amide bonds. The molecule has 3 rings (SSSR count). The van der Waals surface area contributed by atoms with E-state index in [1.165, 1.54) is 57.8 Å². The van der Waals surface area contributed by atoms with Crippen LogP contribution in [0.3, 0.4) is 0 Å². The molecule has 110 valence electrons. The molecular formula is C18H32O. The van der Waals surface area contributed by atoms with Crippen molar-refractivity contribution in [2.45, 2.75) is 83.7 Å². The van der Waals surface area contributed by atoms with Gasteiger partial charge in [-0.3, -0.25) is 0 Å². The largest absolute Gasteiger partial charge is 0.390 e. The summed E-state index contributed by atoms with van der Waals surface area (Å²) >= 11 is 0. The van der Waals surface area contributed by atoms with Gasteiger partial charge in [0, 0.05) is 0 Å². The first-order valence-corrected chi connectivity index (χ1v) is 8.84. The van der Waals surface area contributed by atoms with Crippen LogP contribution >= 0.6 is 0 Å². The molecule has 0 radical (unpaired) electrons. The molecule has 1 heteroatoms. The van der Waals surface area contributed by atoms with Crippen LogP contribution in [0, 0.1) is 29.6 Å². The zero-order valence-corrected chi connectivity index (χ0v) is 12.9. The molecule has 0 saturated heterocycles. The first-order valence-electron chi connectivity index (χ1n) is 8.84. The van der Waals surface area contributed by atoms with Crippen molar-refractivity contribution in [3.8, 4) is 0 Å². The van der Waals surface area contributed by atoms with Gasteiger partial charge in [-0.1, -0.05) is 45.4 Å². The van der Waals surface area contributed by atoms with E-state index in [4.69, 9.17) is 0 Å². The Kier molecular flexibility index (Phi) is 3.95. The monoisotopic (exact) mass is 264 g/mol. The molecule has 3 saturated carbocycles. The Hall–Kier alpha value is -0.0400. The predicted molar refractivity (Wildman–Crippen MR) is 79.9 cm³/mol. The predicted octanol–water partition coefficient (Wildman–Crippen LogP) is 4.78. The Labute approximate surface area is 119 Å². The first-order chi connectivity index (χ1) is 9.12. The smallest absolute Gasteiger partial charge is 0.0647 e. The number of aliphatic hydroxyl groups is 1. The maximum atomic E-state index is 10.8. The highest BCUT2D eigenvalue weighted by Gasteiger charge is 2.47. The van der Waals surface area contributed by atoms with Gasteiger partial charge in [0.1, 0.15) is 0 Å². The van der Waals surface area contributed by atoms with Crippen molar-refractivity contribution in [2.75, 3.05) is 0 Å². The second-order valence-electron chi connectivity index (χ2n) is 7.95. The third kappa shape index (κ3) is 2.60. The van der Waals surface area contributed by atoms with Crippen LogP contribution in [0.15, 0.2) is 0 Å². The molecular weight excluding hydrogens is 232 g/mol. The maximum Gasteiger partial charge on any atom is 0.0647 e. The van der Waals surface area contributed by atoms with Crippen LogP contribution < -0.4 is 0 Å². The molecule has 3 aliphatic rings. The molecule has 0 spiro atoms. The Morgan fingerprint density at radius 2 is 1.53 bits per heavy atom. The summed E-state index contributed by atoms with van der Waals surface area (Å²) in [5.41, 5.74) is -0.412. The van der Waals surface area contributed by atoms with E-state index in [0.29, 0.717) is 5.92 Å². The zero-order chi connectivity index (χ0) is 13.5. The molecule has 0 aliphatic heterocycles. The fourth-order valence-electron chi connectivity index (χ4n) is 5.68. The molecule has 6 unspecified atom stereocenters. The van der Waals surface area contributed by atoms with Crippen molar-refractivity contribution >= 4 is 0 Å². The summed E-state index contributed by atoms with van der Waals surface area (Å²) in [6, 6.07) is 0. The average molecular weight is 264 g/mol. The van der Waals surface area contributed by atoms with Gasteiger partial charge in [0.05, 0.1) is 5.60 Å². The number of rotatable bonds is 2. The Morgan fingerprint density at radius 3 is 2.21 bits per heavy atom. The van der Waals surface area contributed by atoms with Gasteiger partial charge in [-0.2, -0.15) is 0 Å². The fourth-order valence-corrected chi connectivity index (χ4v) is 5.68. The lowest BCUT2D eigenvalue weighted by Gasteiger charge is -2.52. The van der Waals surface area contributed by atoms with Gasteiger partial charge < -0.3 is 5.11 Å². The lowest BCUT2D eigenvalue weighted by molar-refractivity contribution is -0.0886. The van der Waals surface area contributed by atoms with Crippen LogP contribution in [0.2, 0.25) is 0 Å². The highest BCUT2D eigenvalue weighted by atomic mass is 16.3. The van der Waals surface area contributed by atoms with Gasteiger partial charge >= 0.3 is 0 Å². The standard InChI is InChI=1S/C18H32O/c1-3-18(2,19)17-10-6-9-15-11-13-7-4-5-8-14(13)12-16(15)17/h13-17,19H,3-12H2,1-2H3. The summed E-state index contributed by atoms with van der Waals surface area (Å²) in [5.74, 6) is 4.40. The summed E-state index contributed by atoms with van der Waals surface area (Å²) in [6.45, 7) is 4.27. The van der Waals surface area contributed by atoms with Crippen molar-refractivity contribution in [1.82, 2.24) is 0 Å². The lowest BCUT2D eigenvalue weighted by atomic mass is 9.54. The van der Waals surface area contributed by atoms with Crippen molar-refractivity contribution < 1.29 is 5.11 Å². The van der Waals surface area contributed by atoms with Crippen LogP contribution in [0.25, 0.3) is 0 Å². The van der Waals surface area contributed by atoms with E-state index >= 15 is 0 Å². The lowest BCUT2D eigenvalue weighted by Crippen LogP contribution is -2.47. The SMILES string of the molecule is CCC(C)(O)C1CCCC2CC3CCCCC3CC21. The van der Waals surface area contributed by atoms with Gasteiger partial charge in [-0.15, -0.1) is 0 Å². The molecule has 0 heterocycles. The number of hydrogen-bond donors (Lipinski definition) is 1. The minimum atomic E-state index is -0.412. The molecule has 0 aromatic carbocycles. The molecule has 0 aromatic heterocycles. The van der Waals surface area contributed by atoms with E-state index in [9.17, 15) is 5.11 Å². The molecule has 6 atom stereocenters. The molecule has 3 aliphatic carbocycles. The van der Waals surface area contributed by atoms with Crippen LogP contribution in [-0.2, 0) is 0 Å². The molecule has 1 nitrogen and oxygen atoms in total. The Bertz CT molecular complexity index is 309. The second-order valence-corrected chi connectivity index (χ2v) is 7.95. The normalized spacial score (nSPS) is 45.9. The maximum absolute atomic E-state index is 10.8. The minimum absolute atomic E-state index is 0.412. The van der Waals surface area contributed by atoms with E-state index in [2.05, 4.69) is 13.8 Å². The van der Waals surface area contributed by atoms with E-state index in [1.54, 1.807) is 0 Å². The Morgan fingerprint density at radius 1 is 0.895 bits per heavy atom. The minimum Gasteiger partial charge on any atom is -0.390 e. The van der Waals surface area contributed by atoms with E-state index in [-0.39, 0.29) is 0 Å². The Balaban J connectivity index is 1.76. The molecule has 19 heavy (non-hydrogen) atoms. The van der Waals surface area contributed by atoms with E-state index in [0.717, 1.165) is 30.1 Å². The van der Waals surface area contributed by atoms with Crippen LogP contribution in [-0.4, -0.2) is 10.7 Å². The van der Waals surface area contributed by atoms with Crippen molar-refractivity contribution in [3.05, 3.63) is 0 Å². The van der Waals surface area contributed by atoms with Crippen LogP contribution in [0.1, 0.15) is 78.1 Å². The summed E-state index contributed by atoms with van der Waals surface area (Å²) in [5, 5.41) is 10.8. The average Bonchev–Trinajstić information content (AvgIpc) is 2.44. The highest BCUT2D eigenvalue weighted by Crippen LogP contribution is 2.54. The van der Waals surface area contributed by atoms with E-state index in [1.807, 2.05) is 0 Å². The molecule has 3 fully saturated rings. The highest BCUT2D eigenvalue weighted by molar-refractivity contribution is 4.97. The number of hydrogen-bond acceptors (Lipinski definition) is 1. The number of fused-ring (bicyclic) bond motifs is 2. The van der Waals surface area contributed by atoms with Crippen molar-refractivity contribution in [2.24, 2.45) is 29.6 Å². The van der Waals surface area contributed by atoms with Gasteiger partial charge in [0.15, 0.2) is 0 Å². The third-order valence-corrected chi connectivity index (χ3v) is 6.97. The quantitative estimate of drug-likeness (QED) is 0.761. The molecule has 0 aromatic rings. The van der Waals surface area contributed by atoms with E-state index < -0.39 is 5.60 Å². The van der Waals surface area contributed by atoms with Crippen molar-refractivity contribution in [1.29, 1.82) is 0 Å². The second kappa shape index (κ2) is 5.39. The van der Waals surface area contributed by atoms with Crippen molar-refractivity contribution in [3.63, 3.8) is 0 Å². The molecule has 0 bridgehead atoms. The summed E-state index contributed by atoms with van der Waals surface area (Å²) in [4.78, 5) is 0. The van der Waals surface area contributed by atoms with Gasteiger partial charge in [-0.05, 0) is 62.2 Å². The fraction of sp³-hybridized carbons (Fsp3) is 1.00. The third-order valence-electron chi connectivity index (χ3n) is 6.97. The molecule has 1 N–H and O–H groups in total. The van der Waals surface area contributed by atoms with Gasteiger partial charge in [0.2, 0.25) is 0 Å². The van der Waals surface area contributed by atoms with Gasteiger partial charge in [0.25, 0.3) is 0 Å². The summed E-state index contributed by atoms with van der Waals surface area (Å²) in [6.07, 6.45) is 13.9.